The van der Waals surface area contributed by atoms with E-state index in [1.165, 1.54) is 11.1 Å². The largest absolute Gasteiger partial charge is 0.373 e. The second kappa shape index (κ2) is 8.18. The highest BCUT2D eigenvalue weighted by Crippen LogP contribution is 2.30. The molecule has 0 atom stereocenters. The molecule has 0 unspecified atom stereocenters. The summed E-state index contributed by atoms with van der Waals surface area (Å²) in [6.45, 7) is 3.90. The molecule has 1 aliphatic rings. The van der Waals surface area contributed by atoms with Crippen molar-refractivity contribution in [2.24, 2.45) is 0 Å². The summed E-state index contributed by atoms with van der Waals surface area (Å²) in [6.07, 6.45) is 1.63. The molecule has 5 heteroatoms. The molecule has 1 aromatic heterocycles. The lowest BCUT2D eigenvalue weighted by Crippen LogP contribution is -2.48. The van der Waals surface area contributed by atoms with Crippen molar-refractivity contribution >= 4 is 11.6 Å². The van der Waals surface area contributed by atoms with E-state index in [1.807, 2.05) is 13.1 Å². The predicted molar refractivity (Wildman–Crippen MR) is 110 cm³/mol. The Morgan fingerprint density at radius 2 is 1.41 bits per heavy atom. The standard InChI is InChI=1S/C22H25N5/c1-23-20-16-21(25-17-24-20)26-12-14-27(15-13-26)22(18-8-4-2-5-9-18)19-10-6-3-7-11-19/h2-11,16-17,22H,12-15H2,1H3,(H,23,24,25). The number of anilines is 2. The lowest BCUT2D eigenvalue weighted by atomic mass is 9.96. The Morgan fingerprint density at radius 3 is 1.96 bits per heavy atom. The molecule has 0 saturated carbocycles. The van der Waals surface area contributed by atoms with E-state index in [9.17, 15) is 0 Å². The van der Waals surface area contributed by atoms with Gasteiger partial charge in [0.2, 0.25) is 0 Å². The maximum absolute atomic E-state index is 4.45. The van der Waals surface area contributed by atoms with Crippen molar-refractivity contribution in [1.29, 1.82) is 0 Å². The molecule has 1 fully saturated rings. The van der Waals surface area contributed by atoms with Crippen LogP contribution in [-0.2, 0) is 0 Å². The maximum Gasteiger partial charge on any atom is 0.134 e. The van der Waals surface area contributed by atoms with E-state index in [0.717, 1.165) is 37.8 Å². The Morgan fingerprint density at radius 1 is 0.815 bits per heavy atom. The highest BCUT2D eigenvalue weighted by atomic mass is 15.3. The first-order valence-corrected chi connectivity index (χ1v) is 9.44. The van der Waals surface area contributed by atoms with E-state index < -0.39 is 0 Å². The SMILES string of the molecule is CNc1cc(N2CCN(C(c3ccccc3)c3ccccc3)CC2)ncn1. The first-order chi connectivity index (χ1) is 13.3. The van der Waals surface area contributed by atoms with Crippen LogP contribution < -0.4 is 10.2 Å². The quantitative estimate of drug-likeness (QED) is 0.756. The van der Waals surface area contributed by atoms with Gasteiger partial charge in [-0.05, 0) is 11.1 Å². The summed E-state index contributed by atoms with van der Waals surface area (Å²) >= 11 is 0. The Balaban J connectivity index is 1.53. The van der Waals surface area contributed by atoms with E-state index in [2.05, 4.69) is 85.7 Å². The van der Waals surface area contributed by atoms with Gasteiger partial charge in [0.05, 0.1) is 6.04 Å². The molecule has 2 aromatic carbocycles. The van der Waals surface area contributed by atoms with Crippen LogP contribution in [0.25, 0.3) is 0 Å². The molecular weight excluding hydrogens is 334 g/mol. The van der Waals surface area contributed by atoms with Crippen LogP contribution >= 0.6 is 0 Å². The Hall–Kier alpha value is -2.92. The fourth-order valence-corrected chi connectivity index (χ4v) is 3.75. The molecule has 0 spiro atoms. The maximum atomic E-state index is 4.45. The molecule has 27 heavy (non-hydrogen) atoms. The van der Waals surface area contributed by atoms with Gasteiger partial charge in [-0.25, -0.2) is 9.97 Å². The van der Waals surface area contributed by atoms with E-state index in [4.69, 9.17) is 0 Å². The minimum Gasteiger partial charge on any atom is -0.373 e. The zero-order valence-corrected chi connectivity index (χ0v) is 15.6. The molecule has 1 saturated heterocycles. The third kappa shape index (κ3) is 3.93. The van der Waals surface area contributed by atoms with Gasteiger partial charge in [0.1, 0.15) is 18.0 Å². The second-order valence-corrected chi connectivity index (χ2v) is 6.76. The number of nitrogens with one attached hydrogen (secondary N) is 1. The average molecular weight is 359 g/mol. The number of aromatic nitrogens is 2. The average Bonchev–Trinajstić information content (AvgIpc) is 2.76. The molecule has 2 heterocycles. The Kier molecular flexibility index (Phi) is 5.30. The molecule has 0 aliphatic carbocycles. The van der Waals surface area contributed by atoms with Gasteiger partial charge >= 0.3 is 0 Å². The van der Waals surface area contributed by atoms with Crippen molar-refractivity contribution in [3.05, 3.63) is 84.2 Å². The van der Waals surface area contributed by atoms with Gasteiger partial charge in [0.25, 0.3) is 0 Å². The smallest absolute Gasteiger partial charge is 0.134 e. The normalized spacial score (nSPS) is 15.1. The number of hydrogen-bond donors (Lipinski definition) is 1. The van der Waals surface area contributed by atoms with Crippen molar-refractivity contribution in [2.75, 3.05) is 43.4 Å². The van der Waals surface area contributed by atoms with Crippen LogP contribution in [0.15, 0.2) is 73.1 Å². The summed E-state index contributed by atoms with van der Waals surface area (Å²) in [5.41, 5.74) is 2.69. The van der Waals surface area contributed by atoms with Crippen LogP contribution in [-0.4, -0.2) is 48.1 Å². The lowest BCUT2D eigenvalue weighted by molar-refractivity contribution is 0.212. The van der Waals surface area contributed by atoms with Crippen LogP contribution in [0.5, 0.6) is 0 Å². The number of rotatable bonds is 5. The summed E-state index contributed by atoms with van der Waals surface area (Å²) < 4.78 is 0. The molecule has 0 amide bonds. The van der Waals surface area contributed by atoms with Crippen LogP contribution in [0.4, 0.5) is 11.6 Å². The topological polar surface area (TPSA) is 44.3 Å². The third-order valence-corrected chi connectivity index (χ3v) is 5.14. The van der Waals surface area contributed by atoms with E-state index in [1.54, 1.807) is 6.33 Å². The van der Waals surface area contributed by atoms with Crippen molar-refractivity contribution in [1.82, 2.24) is 14.9 Å². The van der Waals surface area contributed by atoms with Gasteiger partial charge in [-0.3, -0.25) is 4.90 Å². The highest BCUT2D eigenvalue weighted by molar-refractivity contribution is 5.48. The number of hydrogen-bond acceptors (Lipinski definition) is 5. The summed E-state index contributed by atoms with van der Waals surface area (Å²) in [7, 11) is 1.88. The summed E-state index contributed by atoms with van der Waals surface area (Å²) in [5, 5.41) is 3.09. The summed E-state index contributed by atoms with van der Waals surface area (Å²) in [5.74, 6) is 1.85. The van der Waals surface area contributed by atoms with Crippen LogP contribution in [0.1, 0.15) is 17.2 Å². The van der Waals surface area contributed by atoms with Gasteiger partial charge in [-0.1, -0.05) is 60.7 Å². The molecule has 1 N–H and O–H groups in total. The van der Waals surface area contributed by atoms with Crippen LogP contribution in [0.2, 0.25) is 0 Å². The van der Waals surface area contributed by atoms with E-state index in [-0.39, 0.29) is 6.04 Å². The molecule has 5 nitrogen and oxygen atoms in total. The first-order valence-electron chi connectivity index (χ1n) is 9.44. The molecule has 1 aliphatic heterocycles. The monoisotopic (exact) mass is 359 g/mol. The lowest BCUT2D eigenvalue weighted by Gasteiger charge is -2.40. The van der Waals surface area contributed by atoms with Crippen LogP contribution in [0, 0.1) is 0 Å². The van der Waals surface area contributed by atoms with Gasteiger partial charge in [0, 0.05) is 39.3 Å². The van der Waals surface area contributed by atoms with Crippen LogP contribution in [0.3, 0.4) is 0 Å². The molecular formula is C22H25N5. The fraction of sp³-hybridized carbons (Fsp3) is 0.273. The fourth-order valence-electron chi connectivity index (χ4n) is 3.75. The Bertz CT molecular complexity index is 805. The van der Waals surface area contributed by atoms with Crippen molar-refractivity contribution in [2.45, 2.75) is 6.04 Å². The minimum atomic E-state index is 0.285. The minimum absolute atomic E-state index is 0.285. The van der Waals surface area contributed by atoms with E-state index >= 15 is 0 Å². The van der Waals surface area contributed by atoms with Crippen molar-refractivity contribution in [3.63, 3.8) is 0 Å². The first kappa shape index (κ1) is 17.5. The number of nitrogens with zero attached hydrogens (tertiary/aromatic N) is 4. The summed E-state index contributed by atoms with van der Waals surface area (Å²) in [4.78, 5) is 13.6. The zero-order chi connectivity index (χ0) is 18.5. The molecule has 3 aromatic rings. The number of benzene rings is 2. The van der Waals surface area contributed by atoms with E-state index in [0.29, 0.717) is 0 Å². The van der Waals surface area contributed by atoms with Gasteiger partial charge in [0.15, 0.2) is 0 Å². The van der Waals surface area contributed by atoms with Crippen molar-refractivity contribution in [3.8, 4) is 0 Å². The zero-order valence-electron chi connectivity index (χ0n) is 15.6. The number of piperazine rings is 1. The Labute approximate surface area is 160 Å². The third-order valence-electron chi connectivity index (χ3n) is 5.14. The molecule has 0 radical (unpaired) electrons. The van der Waals surface area contributed by atoms with Gasteiger partial charge in [-0.15, -0.1) is 0 Å². The molecule has 0 bridgehead atoms. The highest BCUT2D eigenvalue weighted by Gasteiger charge is 2.26. The molecule has 4 rings (SSSR count). The van der Waals surface area contributed by atoms with Crippen molar-refractivity contribution < 1.29 is 0 Å². The second-order valence-electron chi connectivity index (χ2n) is 6.76. The van der Waals surface area contributed by atoms with Gasteiger partial charge < -0.3 is 10.2 Å². The summed E-state index contributed by atoms with van der Waals surface area (Å²) in [6, 6.07) is 23.9. The predicted octanol–water partition coefficient (Wildman–Crippen LogP) is 3.43. The molecule has 138 valence electrons. The van der Waals surface area contributed by atoms with Gasteiger partial charge in [-0.2, -0.15) is 0 Å².